The molecule has 0 heterocycles. The molecule has 0 N–H and O–H groups in total. The SMILES string of the molecule is CCOC(N=O)c1ccc(C(=O)c2cc3c(cc2C)C(C)(C)CCC3(C)C)cc1. The summed E-state index contributed by atoms with van der Waals surface area (Å²) in [6.07, 6.45) is 1.42. The standard InChI is InChI=1S/C25H31NO3/c1-7-29-23(26-28)18-10-8-17(9-11-18)22(27)19-15-21-20(14-16(19)2)24(3,4)12-13-25(21,5)6/h8-11,14-15,23H,7,12-13H2,1-6H3. The van der Waals surface area contributed by atoms with Crippen molar-refractivity contribution in [3.63, 3.8) is 0 Å². The van der Waals surface area contributed by atoms with Crippen LogP contribution < -0.4 is 0 Å². The van der Waals surface area contributed by atoms with E-state index in [1.165, 1.54) is 11.1 Å². The fourth-order valence-corrected chi connectivity index (χ4v) is 4.27. The number of aryl methyl sites for hydroxylation is 1. The maximum atomic E-state index is 13.3. The fourth-order valence-electron chi connectivity index (χ4n) is 4.27. The summed E-state index contributed by atoms with van der Waals surface area (Å²) >= 11 is 0. The average Bonchev–Trinajstić information content (AvgIpc) is 2.69. The molecule has 0 bridgehead atoms. The molecule has 0 fully saturated rings. The van der Waals surface area contributed by atoms with Crippen LogP contribution in [0.3, 0.4) is 0 Å². The Morgan fingerprint density at radius 1 is 1.03 bits per heavy atom. The number of nitroso groups, excluding NO2 is 1. The average molecular weight is 394 g/mol. The molecule has 0 aliphatic heterocycles. The van der Waals surface area contributed by atoms with Crippen LogP contribution in [0.15, 0.2) is 41.6 Å². The molecule has 0 aromatic heterocycles. The van der Waals surface area contributed by atoms with Crippen LogP contribution >= 0.6 is 0 Å². The number of ketones is 1. The second-order valence-corrected chi connectivity index (χ2v) is 9.34. The molecule has 0 saturated heterocycles. The van der Waals surface area contributed by atoms with Crippen molar-refractivity contribution in [3.8, 4) is 0 Å². The number of hydrogen-bond acceptors (Lipinski definition) is 4. The molecule has 4 nitrogen and oxygen atoms in total. The Balaban J connectivity index is 1.99. The number of carbonyl (C=O) groups excluding carboxylic acids is 1. The third-order valence-electron chi connectivity index (χ3n) is 6.32. The molecule has 1 atom stereocenters. The number of ether oxygens (including phenoxy) is 1. The van der Waals surface area contributed by atoms with Crippen LogP contribution in [-0.4, -0.2) is 12.4 Å². The minimum absolute atomic E-state index is 0.00283. The zero-order chi connectivity index (χ0) is 21.4. The van der Waals surface area contributed by atoms with E-state index in [0.29, 0.717) is 17.7 Å². The van der Waals surface area contributed by atoms with Crippen molar-refractivity contribution < 1.29 is 9.53 Å². The highest BCUT2D eigenvalue weighted by molar-refractivity contribution is 6.10. The molecule has 3 rings (SSSR count). The van der Waals surface area contributed by atoms with Crippen LogP contribution in [0.25, 0.3) is 0 Å². The quantitative estimate of drug-likeness (QED) is 0.423. The Morgan fingerprint density at radius 3 is 2.10 bits per heavy atom. The van der Waals surface area contributed by atoms with E-state index >= 15 is 0 Å². The predicted molar refractivity (Wildman–Crippen MR) is 117 cm³/mol. The summed E-state index contributed by atoms with van der Waals surface area (Å²) in [7, 11) is 0. The normalized spacial score (nSPS) is 18.0. The van der Waals surface area contributed by atoms with Gasteiger partial charge in [-0.2, -0.15) is 0 Å². The van der Waals surface area contributed by atoms with E-state index in [-0.39, 0.29) is 16.6 Å². The predicted octanol–water partition coefficient (Wildman–Crippen LogP) is 6.38. The molecule has 1 aliphatic rings. The summed E-state index contributed by atoms with van der Waals surface area (Å²) in [5.41, 5.74) is 5.82. The van der Waals surface area contributed by atoms with Crippen molar-refractivity contribution in [2.24, 2.45) is 5.18 Å². The van der Waals surface area contributed by atoms with Gasteiger partial charge in [0.2, 0.25) is 6.23 Å². The third-order valence-corrected chi connectivity index (χ3v) is 6.32. The van der Waals surface area contributed by atoms with Gasteiger partial charge in [0.25, 0.3) is 0 Å². The Hall–Kier alpha value is -2.33. The molecular weight excluding hydrogens is 362 g/mol. The van der Waals surface area contributed by atoms with E-state index in [1.807, 2.05) is 13.8 Å². The van der Waals surface area contributed by atoms with Crippen LogP contribution in [0.2, 0.25) is 0 Å². The molecule has 0 spiro atoms. The van der Waals surface area contributed by atoms with E-state index in [0.717, 1.165) is 24.0 Å². The summed E-state index contributed by atoms with van der Waals surface area (Å²) in [6, 6.07) is 11.3. The summed E-state index contributed by atoms with van der Waals surface area (Å²) in [5.74, 6) is 0.00283. The first kappa shape index (κ1) is 21.4. The molecule has 2 aromatic carbocycles. The first-order valence-corrected chi connectivity index (χ1v) is 10.3. The minimum Gasteiger partial charge on any atom is -0.350 e. The van der Waals surface area contributed by atoms with Gasteiger partial charge in [0.05, 0.1) is 0 Å². The lowest BCUT2D eigenvalue weighted by atomic mass is 9.62. The van der Waals surface area contributed by atoms with Gasteiger partial charge >= 0.3 is 0 Å². The number of nitrogens with zero attached hydrogens (tertiary/aromatic N) is 1. The van der Waals surface area contributed by atoms with Crippen LogP contribution in [-0.2, 0) is 15.6 Å². The Labute approximate surface area is 173 Å². The van der Waals surface area contributed by atoms with Gasteiger partial charge in [-0.05, 0) is 65.5 Å². The molecule has 0 amide bonds. The Morgan fingerprint density at radius 2 is 1.59 bits per heavy atom. The number of rotatable bonds is 6. The van der Waals surface area contributed by atoms with Crippen molar-refractivity contribution in [2.75, 3.05) is 6.61 Å². The maximum absolute atomic E-state index is 13.3. The molecule has 4 heteroatoms. The van der Waals surface area contributed by atoms with E-state index in [9.17, 15) is 9.70 Å². The summed E-state index contributed by atoms with van der Waals surface area (Å²) in [4.78, 5) is 24.3. The highest BCUT2D eigenvalue weighted by Gasteiger charge is 2.37. The zero-order valence-corrected chi connectivity index (χ0v) is 18.3. The zero-order valence-electron chi connectivity index (χ0n) is 18.3. The number of benzene rings is 2. The maximum Gasteiger partial charge on any atom is 0.215 e. The lowest BCUT2D eigenvalue weighted by molar-refractivity contribution is 0.0680. The van der Waals surface area contributed by atoms with Crippen molar-refractivity contribution >= 4 is 5.78 Å². The molecule has 1 unspecified atom stereocenters. The van der Waals surface area contributed by atoms with Crippen LogP contribution in [0.1, 0.15) is 91.9 Å². The van der Waals surface area contributed by atoms with Gasteiger partial charge in [0.15, 0.2) is 5.78 Å². The highest BCUT2D eigenvalue weighted by Crippen LogP contribution is 2.46. The molecule has 0 radical (unpaired) electrons. The number of carbonyl (C=O) groups is 1. The van der Waals surface area contributed by atoms with Gasteiger partial charge in [0.1, 0.15) is 0 Å². The second kappa shape index (κ2) is 7.83. The summed E-state index contributed by atoms with van der Waals surface area (Å²) < 4.78 is 5.32. The van der Waals surface area contributed by atoms with E-state index in [4.69, 9.17) is 4.74 Å². The third kappa shape index (κ3) is 4.04. The Kier molecular flexibility index (Phi) is 5.77. The highest BCUT2D eigenvalue weighted by atomic mass is 16.5. The van der Waals surface area contributed by atoms with Gasteiger partial charge in [-0.1, -0.05) is 58.0 Å². The lowest BCUT2D eigenvalue weighted by Crippen LogP contribution is -2.34. The first-order chi connectivity index (χ1) is 13.6. The topological polar surface area (TPSA) is 55.7 Å². The fraction of sp³-hybridized carbons (Fsp3) is 0.480. The number of hydrogen-bond donors (Lipinski definition) is 0. The minimum atomic E-state index is -0.835. The van der Waals surface area contributed by atoms with E-state index in [2.05, 4.69) is 45.0 Å². The first-order valence-electron chi connectivity index (χ1n) is 10.3. The van der Waals surface area contributed by atoms with Gasteiger partial charge in [0, 0.05) is 23.3 Å². The smallest absolute Gasteiger partial charge is 0.215 e. The number of fused-ring (bicyclic) bond motifs is 1. The van der Waals surface area contributed by atoms with Crippen molar-refractivity contribution in [3.05, 3.63) is 74.7 Å². The van der Waals surface area contributed by atoms with E-state index in [1.54, 1.807) is 24.3 Å². The molecule has 2 aromatic rings. The van der Waals surface area contributed by atoms with E-state index < -0.39 is 6.23 Å². The molecule has 29 heavy (non-hydrogen) atoms. The van der Waals surface area contributed by atoms with Gasteiger partial charge < -0.3 is 4.74 Å². The second-order valence-electron chi connectivity index (χ2n) is 9.34. The largest absolute Gasteiger partial charge is 0.350 e. The molecule has 154 valence electrons. The molecular formula is C25H31NO3. The summed E-state index contributed by atoms with van der Waals surface area (Å²) in [5, 5.41) is 3.02. The Bertz CT molecular complexity index is 926. The summed E-state index contributed by atoms with van der Waals surface area (Å²) in [6.45, 7) is 13.3. The van der Waals surface area contributed by atoms with Crippen LogP contribution in [0, 0.1) is 11.8 Å². The monoisotopic (exact) mass is 393 g/mol. The van der Waals surface area contributed by atoms with Crippen LogP contribution in [0.5, 0.6) is 0 Å². The lowest BCUT2D eigenvalue weighted by Gasteiger charge is -2.42. The van der Waals surface area contributed by atoms with Crippen molar-refractivity contribution in [1.29, 1.82) is 0 Å². The molecule has 1 aliphatic carbocycles. The van der Waals surface area contributed by atoms with Crippen molar-refractivity contribution in [1.82, 2.24) is 0 Å². The van der Waals surface area contributed by atoms with Crippen LogP contribution in [0.4, 0.5) is 0 Å². The van der Waals surface area contributed by atoms with Gasteiger partial charge in [-0.25, -0.2) is 0 Å². The van der Waals surface area contributed by atoms with Crippen molar-refractivity contribution in [2.45, 2.75) is 71.4 Å². The van der Waals surface area contributed by atoms with Gasteiger partial charge in [-0.3, -0.25) is 4.79 Å². The van der Waals surface area contributed by atoms with Gasteiger partial charge in [-0.15, -0.1) is 4.91 Å². The molecule has 0 saturated carbocycles.